The first-order valence-corrected chi connectivity index (χ1v) is 6.89. The largest absolute Gasteiger partial charge is 0.352 e. The number of ketones is 1. The van der Waals surface area contributed by atoms with Crippen molar-refractivity contribution in [1.29, 1.82) is 0 Å². The fourth-order valence-corrected chi connectivity index (χ4v) is 3.12. The second-order valence-electron chi connectivity index (χ2n) is 4.50. The number of carbonyl (C=O) groups is 1. The molecule has 0 amide bonds. The maximum Gasteiger partial charge on any atom is 0.161 e. The van der Waals surface area contributed by atoms with Crippen LogP contribution in [0.4, 0.5) is 5.82 Å². The van der Waals surface area contributed by atoms with Gasteiger partial charge < -0.3 is 4.90 Å². The molecule has 1 aliphatic rings. The monoisotopic (exact) mass is 258 g/mol. The second kappa shape index (κ2) is 4.53. The summed E-state index contributed by atoms with van der Waals surface area (Å²) in [5.74, 6) is 1.02. The fraction of sp³-hybridized carbons (Fsp3) is 0.286. The Kier molecular flexibility index (Phi) is 2.88. The first-order valence-electron chi connectivity index (χ1n) is 6.01. The predicted octanol–water partition coefficient (Wildman–Crippen LogP) is 2.91. The molecule has 18 heavy (non-hydrogen) atoms. The molecule has 0 N–H and O–H groups in total. The summed E-state index contributed by atoms with van der Waals surface area (Å²) in [6, 6.07) is 5.98. The summed E-state index contributed by atoms with van der Waals surface area (Å²) in [6.45, 7) is 3.49. The third-order valence-electron chi connectivity index (χ3n) is 3.29. The predicted molar refractivity (Wildman–Crippen MR) is 73.3 cm³/mol. The maximum atomic E-state index is 11.2. The second-order valence-corrected chi connectivity index (χ2v) is 5.50. The van der Waals surface area contributed by atoms with Gasteiger partial charge in [0.1, 0.15) is 5.82 Å². The number of fused-ring (bicyclic) bond motifs is 1. The van der Waals surface area contributed by atoms with Crippen LogP contribution in [-0.4, -0.2) is 17.3 Å². The number of thiophene rings is 1. The topological polar surface area (TPSA) is 33.2 Å². The van der Waals surface area contributed by atoms with E-state index in [0.717, 1.165) is 25.3 Å². The Labute approximate surface area is 110 Å². The molecule has 3 heterocycles. The molecular formula is C14H14N2OS. The Morgan fingerprint density at radius 3 is 3.00 bits per heavy atom. The van der Waals surface area contributed by atoms with Crippen molar-refractivity contribution in [2.75, 3.05) is 11.4 Å². The molecule has 0 bridgehead atoms. The molecule has 92 valence electrons. The number of carbonyl (C=O) groups excluding carboxylic acids is 1. The van der Waals surface area contributed by atoms with E-state index in [0.29, 0.717) is 5.56 Å². The third kappa shape index (κ3) is 2.04. The van der Waals surface area contributed by atoms with E-state index in [1.54, 1.807) is 13.1 Å². The number of rotatable bonds is 2. The van der Waals surface area contributed by atoms with Crippen molar-refractivity contribution >= 4 is 22.9 Å². The van der Waals surface area contributed by atoms with Gasteiger partial charge in [-0.2, -0.15) is 0 Å². The zero-order chi connectivity index (χ0) is 12.5. The molecule has 2 aromatic rings. The van der Waals surface area contributed by atoms with Crippen LogP contribution in [0.1, 0.15) is 27.7 Å². The van der Waals surface area contributed by atoms with Gasteiger partial charge in [-0.05, 0) is 42.5 Å². The summed E-state index contributed by atoms with van der Waals surface area (Å²) >= 11 is 1.84. The van der Waals surface area contributed by atoms with Gasteiger partial charge in [-0.15, -0.1) is 11.3 Å². The van der Waals surface area contributed by atoms with E-state index >= 15 is 0 Å². The molecule has 1 aliphatic heterocycles. The summed E-state index contributed by atoms with van der Waals surface area (Å²) in [7, 11) is 0. The van der Waals surface area contributed by atoms with Gasteiger partial charge in [-0.3, -0.25) is 4.79 Å². The number of hydrogen-bond donors (Lipinski definition) is 0. The molecule has 0 atom stereocenters. The van der Waals surface area contributed by atoms with Gasteiger partial charge in [0.2, 0.25) is 0 Å². The minimum Gasteiger partial charge on any atom is -0.352 e. The van der Waals surface area contributed by atoms with Gasteiger partial charge in [-0.25, -0.2) is 4.98 Å². The average molecular weight is 258 g/mol. The highest BCUT2D eigenvalue weighted by molar-refractivity contribution is 7.10. The van der Waals surface area contributed by atoms with Gasteiger partial charge in [0.25, 0.3) is 0 Å². The van der Waals surface area contributed by atoms with Crippen LogP contribution in [0, 0.1) is 0 Å². The molecule has 0 unspecified atom stereocenters. The summed E-state index contributed by atoms with van der Waals surface area (Å²) in [5.41, 5.74) is 2.08. The number of anilines is 1. The van der Waals surface area contributed by atoms with Crippen molar-refractivity contribution in [2.24, 2.45) is 0 Å². The molecule has 0 fully saturated rings. The maximum absolute atomic E-state index is 11.2. The van der Waals surface area contributed by atoms with E-state index < -0.39 is 0 Å². The standard InChI is InChI=1S/C14H14N2OS/c1-10(17)11-2-3-14(15-8-11)16-6-4-13-12(9-16)5-7-18-13/h2-3,5,7-8H,4,6,9H2,1H3. The molecule has 4 heteroatoms. The zero-order valence-electron chi connectivity index (χ0n) is 10.2. The summed E-state index contributed by atoms with van der Waals surface area (Å²) in [5, 5.41) is 2.15. The Bertz CT molecular complexity index is 574. The number of hydrogen-bond acceptors (Lipinski definition) is 4. The van der Waals surface area contributed by atoms with Gasteiger partial charge in [0.05, 0.1) is 0 Å². The first kappa shape index (κ1) is 11.4. The molecule has 0 saturated carbocycles. The average Bonchev–Trinajstić information content (AvgIpc) is 2.86. The minimum absolute atomic E-state index is 0.0628. The Balaban J connectivity index is 1.82. The van der Waals surface area contributed by atoms with Gasteiger partial charge in [0.15, 0.2) is 5.78 Å². The third-order valence-corrected chi connectivity index (χ3v) is 4.31. The number of nitrogens with zero attached hydrogens (tertiary/aromatic N) is 2. The highest BCUT2D eigenvalue weighted by Gasteiger charge is 2.18. The van der Waals surface area contributed by atoms with Gasteiger partial charge in [-0.1, -0.05) is 0 Å². The Hall–Kier alpha value is -1.68. The number of aromatic nitrogens is 1. The molecule has 0 aromatic carbocycles. The minimum atomic E-state index is 0.0628. The van der Waals surface area contributed by atoms with Crippen molar-refractivity contribution in [2.45, 2.75) is 19.9 Å². The highest BCUT2D eigenvalue weighted by Crippen LogP contribution is 2.26. The van der Waals surface area contributed by atoms with Crippen LogP contribution in [-0.2, 0) is 13.0 Å². The van der Waals surface area contributed by atoms with Crippen LogP contribution >= 0.6 is 11.3 Å². The fourth-order valence-electron chi connectivity index (χ4n) is 2.23. The van der Waals surface area contributed by atoms with E-state index in [2.05, 4.69) is 21.3 Å². The van der Waals surface area contributed by atoms with E-state index in [-0.39, 0.29) is 5.78 Å². The lowest BCUT2D eigenvalue weighted by Gasteiger charge is -2.27. The molecule has 3 nitrogen and oxygen atoms in total. The smallest absolute Gasteiger partial charge is 0.161 e. The van der Waals surface area contributed by atoms with Crippen molar-refractivity contribution in [3.63, 3.8) is 0 Å². The Morgan fingerprint density at radius 1 is 1.39 bits per heavy atom. The van der Waals surface area contributed by atoms with Crippen LogP contribution in [0.25, 0.3) is 0 Å². The molecule has 2 aromatic heterocycles. The molecule has 0 saturated heterocycles. The number of pyridine rings is 1. The van der Waals surface area contributed by atoms with Gasteiger partial charge in [0, 0.05) is 29.7 Å². The van der Waals surface area contributed by atoms with Crippen molar-refractivity contribution in [3.8, 4) is 0 Å². The molecule has 3 rings (SSSR count). The Morgan fingerprint density at radius 2 is 2.28 bits per heavy atom. The van der Waals surface area contributed by atoms with E-state index in [9.17, 15) is 4.79 Å². The lowest BCUT2D eigenvalue weighted by Crippen LogP contribution is -2.30. The molecule has 0 spiro atoms. The highest BCUT2D eigenvalue weighted by atomic mass is 32.1. The molecule has 0 radical (unpaired) electrons. The molecular weight excluding hydrogens is 244 g/mol. The quantitative estimate of drug-likeness (QED) is 0.777. The lowest BCUT2D eigenvalue weighted by atomic mass is 10.1. The summed E-state index contributed by atoms with van der Waals surface area (Å²) in [4.78, 5) is 19.4. The van der Waals surface area contributed by atoms with Crippen LogP contribution in [0.3, 0.4) is 0 Å². The van der Waals surface area contributed by atoms with Crippen LogP contribution in [0.5, 0.6) is 0 Å². The normalized spacial score (nSPS) is 14.4. The van der Waals surface area contributed by atoms with E-state index in [4.69, 9.17) is 0 Å². The summed E-state index contributed by atoms with van der Waals surface area (Å²) in [6.07, 6.45) is 2.75. The lowest BCUT2D eigenvalue weighted by molar-refractivity contribution is 0.101. The number of Topliss-reactive ketones (excluding diaryl/α,β-unsaturated/α-hetero) is 1. The van der Waals surface area contributed by atoms with E-state index in [1.807, 2.05) is 23.5 Å². The van der Waals surface area contributed by atoms with E-state index in [1.165, 1.54) is 10.4 Å². The van der Waals surface area contributed by atoms with Crippen LogP contribution in [0.2, 0.25) is 0 Å². The van der Waals surface area contributed by atoms with Crippen molar-refractivity contribution < 1.29 is 4.79 Å². The SMILES string of the molecule is CC(=O)c1ccc(N2CCc3sccc3C2)nc1. The van der Waals surface area contributed by atoms with Crippen molar-refractivity contribution in [1.82, 2.24) is 4.98 Å². The molecule has 0 aliphatic carbocycles. The summed E-state index contributed by atoms with van der Waals surface area (Å²) < 4.78 is 0. The van der Waals surface area contributed by atoms with Gasteiger partial charge >= 0.3 is 0 Å². The zero-order valence-corrected chi connectivity index (χ0v) is 11.0. The first-order chi connectivity index (χ1) is 8.74. The van der Waals surface area contributed by atoms with Crippen LogP contribution < -0.4 is 4.90 Å². The van der Waals surface area contributed by atoms with Crippen LogP contribution in [0.15, 0.2) is 29.8 Å². The van der Waals surface area contributed by atoms with Crippen molar-refractivity contribution in [3.05, 3.63) is 45.8 Å².